The quantitative estimate of drug-likeness (QED) is 0.868. The van der Waals surface area contributed by atoms with E-state index in [1.54, 1.807) is 7.05 Å². The van der Waals surface area contributed by atoms with E-state index in [4.69, 9.17) is 0 Å². The standard InChI is InChI=1S/C16H25N3O.ClH/c1-16(2,12-18-15(20)10-17-3)19-9-8-13-6-4-5-7-14(13)11-19;/h4-7,17H,8-12H2,1-3H3,(H,18,20);1H. The van der Waals surface area contributed by atoms with E-state index >= 15 is 0 Å². The topological polar surface area (TPSA) is 44.4 Å². The lowest BCUT2D eigenvalue weighted by molar-refractivity contribution is -0.120. The average molecular weight is 312 g/mol. The Hall–Kier alpha value is -1.10. The van der Waals surface area contributed by atoms with Crippen LogP contribution in [0.25, 0.3) is 0 Å². The van der Waals surface area contributed by atoms with E-state index in [9.17, 15) is 4.79 Å². The summed E-state index contributed by atoms with van der Waals surface area (Å²) in [7, 11) is 1.78. The van der Waals surface area contributed by atoms with Gasteiger partial charge >= 0.3 is 0 Å². The van der Waals surface area contributed by atoms with Crippen molar-refractivity contribution in [2.75, 3.05) is 26.7 Å². The van der Waals surface area contributed by atoms with Crippen molar-refractivity contribution in [1.29, 1.82) is 0 Å². The van der Waals surface area contributed by atoms with Gasteiger partial charge in [-0.05, 0) is 38.4 Å². The maximum atomic E-state index is 11.6. The van der Waals surface area contributed by atoms with Crippen LogP contribution in [0.15, 0.2) is 24.3 Å². The molecule has 0 fully saturated rings. The minimum absolute atomic E-state index is 0. The molecular weight excluding hydrogens is 286 g/mol. The zero-order valence-corrected chi connectivity index (χ0v) is 13.9. The predicted molar refractivity (Wildman–Crippen MR) is 88.8 cm³/mol. The van der Waals surface area contributed by atoms with E-state index in [1.807, 2.05) is 0 Å². The van der Waals surface area contributed by atoms with Gasteiger partial charge in [0.25, 0.3) is 0 Å². The third kappa shape index (κ3) is 4.70. The molecule has 0 atom stereocenters. The number of carbonyl (C=O) groups excluding carboxylic acids is 1. The van der Waals surface area contributed by atoms with Crippen LogP contribution in [0, 0.1) is 0 Å². The molecule has 2 rings (SSSR count). The molecule has 0 aliphatic carbocycles. The van der Waals surface area contributed by atoms with Gasteiger partial charge in [0, 0.05) is 25.2 Å². The van der Waals surface area contributed by atoms with Crippen LogP contribution in [0.1, 0.15) is 25.0 Å². The van der Waals surface area contributed by atoms with E-state index < -0.39 is 0 Å². The van der Waals surface area contributed by atoms with Crippen molar-refractivity contribution in [2.24, 2.45) is 0 Å². The number of fused-ring (bicyclic) bond motifs is 1. The average Bonchev–Trinajstić information content (AvgIpc) is 2.45. The Bertz CT molecular complexity index is 476. The Balaban J connectivity index is 0.00000220. The number of nitrogens with zero attached hydrogens (tertiary/aromatic N) is 1. The highest BCUT2D eigenvalue weighted by Gasteiger charge is 2.29. The second kappa shape index (κ2) is 7.78. The summed E-state index contributed by atoms with van der Waals surface area (Å²) >= 11 is 0. The molecule has 2 N–H and O–H groups in total. The SMILES string of the molecule is CNCC(=O)NCC(C)(C)N1CCc2ccccc2C1.Cl. The monoisotopic (exact) mass is 311 g/mol. The van der Waals surface area contributed by atoms with Crippen molar-refractivity contribution < 1.29 is 4.79 Å². The molecule has 0 aromatic heterocycles. The molecule has 0 unspecified atom stereocenters. The van der Waals surface area contributed by atoms with Crippen molar-refractivity contribution in [3.8, 4) is 0 Å². The summed E-state index contributed by atoms with van der Waals surface area (Å²) in [5.74, 6) is 0.0537. The molecule has 21 heavy (non-hydrogen) atoms. The van der Waals surface area contributed by atoms with Crippen LogP contribution in [0.3, 0.4) is 0 Å². The van der Waals surface area contributed by atoms with Crippen LogP contribution in [-0.4, -0.2) is 43.0 Å². The molecule has 0 spiro atoms. The zero-order chi connectivity index (χ0) is 14.6. The summed E-state index contributed by atoms with van der Waals surface area (Å²) in [6.45, 7) is 7.45. The molecule has 1 amide bonds. The van der Waals surface area contributed by atoms with E-state index in [0.29, 0.717) is 13.1 Å². The summed E-state index contributed by atoms with van der Waals surface area (Å²) in [4.78, 5) is 14.0. The summed E-state index contributed by atoms with van der Waals surface area (Å²) in [6, 6.07) is 8.63. The van der Waals surface area contributed by atoms with Crippen LogP contribution in [0.4, 0.5) is 0 Å². The largest absolute Gasteiger partial charge is 0.353 e. The molecule has 0 saturated heterocycles. The first-order valence-electron chi connectivity index (χ1n) is 7.26. The third-order valence-corrected chi connectivity index (χ3v) is 4.04. The molecule has 0 radical (unpaired) electrons. The van der Waals surface area contributed by atoms with Crippen LogP contribution in [-0.2, 0) is 17.8 Å². The van der Waals surface area contributed by atoms with Gasteiger partial charge in [0.2, 0.25) is 5.91 Å². The van der Waals surface area contributed by atoms with Gasteiger partial charge in [0.05, 0.1) is 6.54 Å². The van der Waals surface area contributed by atoms with Gasteiger partial charge in [-0.1, -0.05) is 24.3 Å². The molecule has 1 aliphatic rings. The second-order valence-electron chi connectivity index (χ2n) is 6.06. The number of carbonyl (C=O) groups is 1. The highest BCUT2D eigenvalue weighted by molar-refractivity contribution is 5.85. The van der Waals surface area contributed by atoms with Crippen LogP contribution >= 0.6 is 12.4 Å². The van der Waals surface area contributed by atoms with Gasteiger partial charge in [0.15, 0.2) is 0 Å². The number of hydrogen-bond acceptors (Lipinski definition) is 3. The Morgan fingerprint density at radius 3 is 2.62 bits per heavy atom. The summed E-state index contributed by atoms with van der Waals surface area (Å²) in [5.41, 5.74) is 2.84. The van der Waals surface area contributed by atoms with Crippen LogP contribution < -0.4 is 10.6 Å². The number of rotatable bonds is 5. The Labute approximate surface area is 133 Å². The normalized spacial score (nSPS) is 15.0. The zero-order valence-electron chi connectivity index (χ0n) is 13.1. The molecule has 1 heterocycles. The van der Waals surface area contributed by atoms with Gasteiger partial charge in [-0.15, -0.1) is 12.4 Å². The number of amides is 1. The summed E-state index contributed by atoms with van der Waals surface area (Å²) in [6.07, 6.45) is 1.09. The predicted octanol–water partition coefficient (Wildman–Crippen LogP) is 1.58. The molecule has 0 saturated carbocycles. The maximum absolute atomic E-state index is 11.6. The van der Waals surface area contributed by atoms with Gasteiger partial charge in [-0.2, -0.15) is 0 Å². The van der Waals surface area contributed by atoms with E-state index in [2.05, 4.69) is 53.6 Å². The van der Waals surface area contributed by atoms with Gasteiger partial charge in [0.1, 0.15) is 0 Å². The number of nitrogens with one attached hydrogen (secondary N) is 2. The molecule has 118 valence electrons. The fourth-order valence-electron chi connectivity index (χ4n) is 2.66. The Morgan fingerprint density at radius 2 is 1.95 bits per heavy atom. The number of likely N-dealkylation sites (N-methyl/N-ethyl adjacent to an activating group) is 1. The second-order valence-corrected chi connectivity index (χ2v) is 6.06. The van der Waals surface area contributed by atoms with Crippen LogP contribution in [0.2, 0.25) is 0 Å². The van der Waals surface area contributed by atoms with E-state index in [0.717, 1.165) is 19.5 Å². The van der Waals surface area contributed by atoms with Gasteiger partial charge < -0.3 is 10.6 Å². The lowest BCUT2D eigenvalue weighted by Crippen LogP contribution is -2.53. The Kier molecular flexibility index (Phi) is 6.65. The lowest BCUT2D eigenvalue weighted by atomic mass is 9.94. The van der Waals surface area contributed by atoms with E-state index in [1.165, 1.54) is 11.1 Å². The molecular formula is C16H26ClN3O. The van der Waals surface area contributed by atoms with Gasteiger partial charge in [-0.3, -0.25) is 9.69 Å². The molecule has 5 heteroatoms. The third-order valence-electron chi connectivity index (χ3n) is 4.04. The molecule has 1 aromatic rings. The van der Waals surface area contributed by atoms with Crippen molar-refractivity contribution in [2.45, 2.75) is 32.4 Å². The smallest absolute Gasteiger partial charge is 0.234 e. The van der Waals surface area contributed by atoms with Crippen molar-refractivity contribution in [3.63, 3.8) is 0 Å². The number of halogens is 1. The fraction of sp³-hybridized carbons (Fsp3) is 0.562. The molecule has 4 nitrogen and oxygen atoms in total. The minimum atomic E-state index is -0.0308. The van der Waals surface area contributed by atoms with Crippen LogP contribution in [0.5, 0.6) is 0 Å². The maximum Gasteiger partial charge on any atom is 0.234 e. The lowest BCUT2D eigenvalue weighted by Gasteiger charge is -2.41. The highest BCUT2D eigenvalue weighted by Crippen LogP contribution is 2.24. The Morgan fingerprint density at radius 1 is 1.29 bits per heavy atom. The first-order valence-corrected chi connectivity index (χ1v) is 7.26. The molecule has 1 aromatic carbocycles. The first-order chi connectivity index (χ1) is 9.53. The number of hydrogen-bond donors (Lipinski definition) is 2. The molecule has 0 bridgehead atoms. The summed E-state index contributed by atoms with van der Waals surface area (Å²) < 4.78 is 0. The van der Waals surface area contributed by atoms with Crippen molar-refractivity contribution >= 4 is 18.3 Å². The van der Waals surface area contributed by atoms with Gasteiger partial charge in [-0.25, -0.2) is 0 Å². The first kappa shape index (κ1) is 18.0. The molecule has 1 aliphatic heterocycles. The van der Waals surface area contributed by atoms with Crippen molar-refractivity contribution in [1.82, 2.24) is 15.5 Å². The minimum Gasteiger partial charge on any atom is -0.353 e. The fourth-order valence-corrected chi connectivity index (χ4v) is 2.66. The summed E-state index contributed by atoms with van der Waals surface area (Å²) in [5, 5.41) is 5.87. The van der Waals surface area contributed by atoms with Crippen molar-refractivity contribution in [3.05, 3.63) is 35.4 Å². The van der Waals surface area contributed by atoms with E-state index in [-0.39, 0.29) is 23.9 Å². The highest BCUT2D eigenvalue weighted by atomic mass is 35.5. The number of benzene rings is 1.